The van der Waals surface area contributed by atoms with Crippen LogP contribution in [0, 0.1) is 5.92 Å². The van der Waals surface area contributed by atoms with Gasteiger partial charge in [0.15, 0.2) is 5.58 Å². The lowest BCUT2D eigenvalue weighted by Gasteiger charge is -2.30. The van der Waals surface area contributed by atoms with E-state index in [-0.39, 0.29) is 10.8 Å². The van der Waals surface area contributed by atoms with Gasteiger partial charge in [-0.2, -0.15) is 4.98 Å². The number of nitrogens with zero attached hydrogens (tertiary/aromatic N) is 2. The summed E-state index contributed by atoms with van der Waals surface area (Å²) in [6, 6.07) is 13.7. The van der Waals surface area contributed by atoms with Crippen LogP contribution in [0.5, 0.6) is 5.75 Å². The fraction of sp³-hybridized carbons (Fsp3) is 0.409. The van der Waals surface area contributed by atoms with Crippen LogP contribution in [0.3, 0.4) is 0 Å². The maximum atomic E-state index is 12.9. The number of hydrogen-bond donors (Lipinski definition) is 1. The van der Waals surface area contributed by atoms with Gasteiger partial charge in [-0.1, -0.05) is 25.1 Å². The zero-order valence-electron chi connectivity index (χ0n) is 17.3. The van der Waals surface area contributed by atoms with Crippen LogP contribution in [0.2, 0.25) is 0 Å². The number of para-hydroxylation sites is 2. The Morgan fingerprint density at radius 3 is 2.67 bits per heavy atom. The summed E-state index contributed by atoms with van der Waals surface area (Å²) >= 11 is 0. The van der Waals surface area contributed by atoms with E-state index >= 15 is 0 Å². The molecule has 1 fully saturated rings. The first-order valence-electron chi connectivity index (χ1n) is 10.3. The molecule has 8 heteroatoms. The fourth-order valence-corrected chi connectivity index (χ4v) is 5.11. The van der Waals surface area contributed by atoms with Gasteiger partial charge in [0.25, 0.3) is 6.01 Å². The number of aromatic nitrogens is 1. The Labute approximate surface area is 177 Å². The molecule has 0 saturated carbocycles. The highest BCUT2D eigenvalue weighted by atomic mass is 32.2. The lowest BCUT2D eigenvalue weighted by molar-refractivity contribution is 0.385. The highest BCUT2D eigenvalue weighted by Crippen LogP contribution is 2.28. The molecular formula is C22H27N3O4S. The topological polar surface area (TPSA) is 84.7 Å². The first-order chi connectivity index (χ1) is 14.5. The van der Waals surface area contributed by atoms with E-state index in [1.807, 2.05) is 37.3 Å². The SMILES string of the molecule is CCc1ccc(OC)c(S(=O)(=O)NCC2CCN(c3nc4ccccc4o3)CC2)c1. The van der Waals surface area contributed by atoms with Crippen molar-refractivity contribution in [3.63, 3.8) is 0 Å². The maximum absolute atomic E-state index is 12.9. The molecule has 1 aromatic heterocycles. The molecule has 0 bridgehead atoms. The van der Waals surface area contributed by atoms with Gasteiger partial charge in [-0.25, -0.2) is 13.1 Å². The number of rotatable bonds is 7. The zero-order chi connectivity index (χ0) is 21.1. The third-order valence-electron chi connectivity index (χ3n) is 5.66. The van der Waals surface area contributed by atoms with Crippen molar-refractivity contribution in [2.24, 2.45) is 5.92 Å². The summed E-state index contributed by atoms with van der Waals surface area (Å²) in [6.07, 6.45) is 2.50. The predicted octanol–water partition coefficient (Wildman–Crippen LogP) is 3.59. The number of oxazole rings is 1. The van der Waals surface area contributed by atoms with Gasteiger partial charge in [0.1, 0.15) is 16.2 Å². The van der Waals surface area contributed by atoms with Crippen molar-refractivity contribution in [1.82, 2.24) is 9.71 Å². The second-order valence-electron chi connectivity index (χ2n) is 7.59. The standard InChI is InChI=1S/C22H27N3O4S/c1-3-16-8-9-20(28-2)21(14-16)30(26,27)23-15-17-10-12-25(13-11-17)22-24-18-6-4-5-7-19(18)29-22/h4-9,14,17,23H,3,10-13,15H2,1-2H3. The van der Waals surface area contributed by atoms with Gasteiger partial charge in [-0.05, 0) is 55.0 Å². The summed E-state index contributed by atoms with van der Waals surface area (Å²) in [5.74, 6) is 0.631. The summed E-state index contributed by atoms with van der Waals surface area (Å²) in [5, 5.41) is 0. The van der Waals surface area contributed by atoms with Crippen LogP contribution in [0.4, 0.5) is 6.01 Å². The molecule has 0 atom stereocenters. The molecule has 0 unspecified atom stereocenters. The Balaban J connectivity index is 1.37. The van der Waals surface area contributed by atoms with Crippen LogP contribution in [0.25, 0.3) is 11.1 Å². The van der Waals surface area contributed by atoms with Gasteiger partial charge >= 0.3 is 0 Å². The van der Waals surface area contributed by atoms with Gasteiger partial charge < -0.3 is 14.1 Å². The van der Waals surface area contributed by atoms with Gasteiger partial charge in [0.2, 0.25) is 10.0 Å². The van der Waals surface area contributed by atoms with Crippen LogP contribution < -0.4 is 14.4 Å². The van der Waals surface area contributed by atoms with E-state index in [2.05, 4.69) is 14.6 Å². The van der Waals surface area contributed by atoms with Crippen molar-refractivity contribution >= 4 is 27.1 Å². The number of benzene rings is 2. The van der Waals surface area contributed by atoms with Gasteiger partial charge in [-0.3, -0.25) is 0 Å². The highest BCUT2D eigenvalue weighted by Gasteiger charge is 2.26. The minimum atomic E-state index is -3.64. The Hall–Kier alpha value is -2.58. The molecule has 1 N–H and O–H groups in total. The second kappa shape index (κ2) is 8.65. The predicted molar refractivity (Wildman–Crippen MR) is 117 cm³/mol. The third-order valence-corrected chi connectivity index (χ3v) is 7.10. The van der Waals surface area contributed by atoms with Crippen LogP contribution >= 0.6 is 0 Å². The second-order valence-corrected chi connectivity index (χ2v) is 9.32. The van der Waals surface area contributed by atoms with E-state index in [0.29, 0.717) is 18.3 Å². The number of nitrogens with one attached hydrogen (secondary N) is 1. The molecule has 30 heavy (non-hydrogen) atoms. The number of ether oxygens (including phenoxy) is 1. The number of sulfonamides is 1. The van der Waals surface area contributed by atoms with Crippen LogP contribution in [-0.2, 0) is 16.4 Å². The lowest BCUT2D eigenvalue weighted by Crippen LogP contribution is -2.38. The van der Waals surface area contributed by atoms with E-state index in [9.17, 15) is 8.42 Å². The number of methoxy groups -OCH3 is 1. The molecule has 1 saturated heterocycles. The van der Waals surface area contributed by atoms with E-state index in [1.165, 1.54) is 7.11 Å². The van der Waals surface area contributed by atoms with Crippen molar-refractivity contribution in [2.75, 3.05) is 31.6 Å². The molecule has 0 aliphatic carbocycles. The minimum absolute atomic E-state index is 0.202. The zero-order valence-corrected chi connectivity index (χ0v) is 18.1. The molecule has 0 amide bonds. The van der Waals surface area contributed by atoms with Crippen molar-refractivity contribution in [3.8, 4) is 5.75 Å². The van der Waals surface area contributed by atoms with Crippen LogP contribution in [0.15, 0.2) is 51.8 Å². The van der Waals surface area contributed by atoms with E-state index in [4.69, 9.17) is 9.15 Å². The molecule has 160 valence electrons. The summed E-state index contributed by atoms with van der Waals surface area (Å²) in [6.45, 7) is 3.97. The number of fused-ring (bicyclic) bond motifs is 1. The fourth-order valence-electron chi connectivity index (χ4n) is 3.78. The number of hydrogen-bond acceptors (Lipinski definition) is 6. The highest BCUT2D eigenvalue weighted by molar-refractivity contribution is 7.89. The molecule has 1 aliphatic heterocycles. The molecular weight excluding hydrogens is 402 g/mol. The first-order valence-corrected chi connectivity index (χ1v) is 11.8. The minimum Gasteiger partial charge on any atom is -0.495 e. The van der Waals surface area contributed by atoms with Crippen molar-refractivity contribution in [3.05, 3.63) is 48.0 Å². The largest absolute Gasteiger partial charge is 0.495 e. The molecule has 7 nitrogen and oxygen atoms in total. The van der Waals surface area contributed by atoms with Crippen LogP contribution in [0.1, 0.15) is 25.3 Å². The summed E-state index contributed by atoms with van der Waals surface area (Å²) in [7, 11) is -2.15. The Morgan fingerprint density at radius 1 is 1.20 bits per heavy atom. The molecule has 2 heterocycles. The number of aryl methyl sites for hydroxylation is 1. The Bertz CT molecular complexity index is 1090. The summed E-state index contributed by atoms with van der Waals surface area (Å²) in [4.78, 5) is 6.88. The molecule has 1 aliphatic rings. The molecule has 0 radical (unpaired) electrons. The quantitative estimate of drug-likeness (QED) is 0.618. The monoisotopic (exact) mass is 429 g/mol. The Kier molecular flexibility index (Phi) is 5.97. The van der Waals surface area contributed by atoms with Crippen molar-refractivity contribution in [2.45, 2.75) is 31.1 Å². The molecule has 4 rings (SSSR count). The molecule has 3 aromatic rings. The molecule has 0 spiro atoms. The maximum Gasteiger partial charge on any atom is 0.298 e. The first kappa shape index (κ1) is 20.7. The van der Waals surface area contributed by atoms with Crippen molar-refractivity contribution in [1.29, 1.82) is 0 Å². The lowest BCUT2D eigenvalue weighted by atomic mass is 9.97. The van der Waals surface area contributed by atoms with Gasteiger partial charge in [0.05, 0.1) is 7.11 Å². The smallest absolute Gasteiger partial charge is 0.298 e. The summed E-state index contributed by atoms with van der Waals surface area (Å²) < 4.78 is 39.7. The van der Waals surface area contributed by atoms with E-state index in [0.717, 1.165) is 49.0 Å². The van der Waals surface area contributed by atoms with Crippen molar-refractivity contribution < 1.29 is 17.6 Å². The Morgan fingerprint density at radius 2 is 1.97 bits per heavy atom. The van der Waals surface area contributed by atoms with Crippen LogP contribution in [-0.4, -0.2) is 40.1 Å². The van der Waals surface area contributed by atoms with E-state index in [1.54, 1.807) is 12.1 Å². The average Bonchev–Trinajstić information content (AvgIpc) is 3.22. The average molecular weight is 430 g/mol. The normalized spacial score (nSPS) is 15.6. The summed E-state index contributed by atoms with van der Waals surface area (Å²) in [5.41, 5.74) is 2.60. The van der Waals surface area contributed by atoms with E-state index < -0.39 is 10.0 Å². The third kappa shape index (κ3) is 4.29. The van der Waals surface area contributed by atoms with Gasteiger partial charge in [-0.15, -0.1) is 0 Å². The number of anilines is 1. The molecule has 2 aromatic carbocycles. The van der Waals surface area contributed by atoms with Gasteiger partial charge in [0, 0.05) is 19.6 Å². The number of piperidine rings is 1.